The molecule has 3 aromatic rings. The number of hydrogen-bond acceptors (Lipinski definition) is 6. The topological polar surface area (TPSA) is 80.2 Å². The van der Waals surface area contributed by atoms with Crippen LogP contribution in [-0.2, 0) is 14.3 Å². The van der Waals surface area contributed by atoms with E-state index in [-0.39, 0.29) is 18.4 Å². The fourth-order valence-corrected chi connectivity index (χ4v) is 4.33. The number of aliphatic imine (C=N–C) groups is 1. The summed E-state index contributed by atoms with van der Waals surface area (Å²) in [5.74, 6) is 0.0832. The molecule has 0 atom stereocenters. The van der Waals surface area contributed by atoms with Gasteiger partial charge in [-0.05, 0) is 48.2 Å². The van der Waals surface area contributed by atoms with Gasteiger partial charge in [-0.25, -0.2) is 4.99 Å². The Morgan fingerprint density at radius 1 is 1.00 bits per heavy atom. The first kappa shape index (κ1) is 24.3. The lowest BCUT2D eigenvalue weighted by Crippen LogP contribution is -2.32. The second-order valence-corrected chi connectivity index (χ2v) is 8.54. The molecule has 0 unspecified atom stereocenters. The van der Waals surface area contributed by atoms with E-state index in [1.165, 1.54) is 11.8 Å². The summed E-state index contributed by atoms with van der Waals surface area (Å²) in [7, 11) is 1.60. The SMILES string of the molecule is COCCN1C(=O)/C(=C/c2ccccc2OCC(=O)Nc2ccccc2)SC1=Nc1ccccc1. The number of nitrogens with zero attached hydrogens (tertiary/aromatic N) is 2. The number of benzene rings is 3. The smallest absolute Gasteiger partial charge is 0.266 e. The summed E-state index contributed by atoms with van der Waals surface area (Å²) in [4.78, 5) is 32.3. The quantitative estimate of drug-likeness (QED) is 0.432. The number of methoxy groups -OCH3 is 1. The van der Waals surface area contributed by atoms with Crippen molar-refractivity contribution in [1.82, 2.24) is 4.90 Å². The second kappa shape index (κ2) is 12.0. The van der Waals surface area contributed by atoms with Gasteiger partial charge in [0.25, 0.3) is 11.8 Å². The fourth-order valence-electron chi connectivity index (χ4n) is 3.32. The first-order valence-corrected chi connectivity index (χ1v) is 11.9. The lowest BCUT2D eigenvalue weighted by molar-refractivity contribution is -0.122. The predicted octanol–water partition coefficient (Wildman–Crippen LogP) is 4.95. The summed E-state index contributed by atoms with van der Waals surface area (Å²) < 4.78 is 11.0. The lowest BCUT2D eigenvalue weighted by atomic mass is 10.2. The van der Waals surface area contributed by atoms with Crippen LogP contribution in [0.3, 0.4) is 0 Å². The number of rotatable bonds is 9. The molecule has 35 heavy (non-hydrogen) atoms. The average Bonchev–Trinajstić information content (AvgIpc) is 3.16. The van der Waals surface area contributed by atoms with Crippen molar-refractivity contribution in [3.05, 3.63) is 95.4 Å². The zero-order chi connectivity index (χ0) is 24.5. The monoisotopic (exact) mass is 487 g/mol. The van der Waals surface area contributed by atoms with Gasteiger partial charge in [0.05, 0.1) is 23.7 Å². The molecule has 0 aromatic heterocycles. The molecule has 1 aliphatic rings. The van der Waals surface area contributed by atoms with Gasteiger partial charge in [0, 0.05) is 18.4 Å². The zero-order valence-corrected chi connectivity index (χ0v) is 20.0. The summed E-state index contributed by atoms with van der Waals surface area (Å²) in [6.45, 7) is 0.629. The molecule has 0 radical (unpaired) electrons. The van der Waals surface area contributed by atoms with E-state index in [9.17, 15) is 9.59 Å². The summed E-state index contributed by atoms with van der Waals surface area (Å²) in [6, 6.07) is 26.0. The molecule has 4 rings (SSSR count). The molecule has 2 amide bonds. The van der Waals surface area contributed by atoms with Crippen molar-refractivity contribution in [2.45, 2.75) is 0 Å². The molecule has 1 aliphatic heterocycles. The van der Waals surface area contributed by atoms with Gasteiger partial charge in [0.2, 0.25) is 0 Å². The second-order valence-electron chi connectivity index (χ2n) is 7.53. The first-order valence-electron chi connectivity index (χ1n) is 11.0. The van der Waals surface area contributed by atoms with Crippen LogP contribution in [0.1, 0.15) is 5.56 Å². The van der Waals surface area contributed by atoms with Crippen molar-refractivity contribution in [3.63, 3.8) is 0 Å². The van der Waals surface area contributed by atoms with Crippen molar-refractivity contribution in [2.24, 2.45) is 4.99 Å². The number of thioether (sulfide) groups is 1. The zero-order valence-electron chi connectivity index (χ0n) is 19.2. The highest BCUT2D eigenvalue weighted by molar-refractivity contribution is 8.18. The largest absolute Gasteiger partial charge is 0.483 e. The molecule has 3 aromatic carbocycles. The van der Waals surface area contributed by atoms with Crippen LogP contribution in [-0.4, -0.2) is 48.8 Å². The molecule has 1 fully saturated rings. The van der Waals surface area contributed by atoms with Gasteiger partial charge >= 0.3 is 0 Å². The van der Waals surface area contributed by atoms with Crippen LogP contribution in [0, 0.1) is 0 Å². The van der Waals surface area contributed by atoms with Gasteiger partial charge < -0.3 is 14.8 Å². The van der Waals surface area contributed by atoms with Crippen LogP contribution in [0.2, 0.25) is 0 Å². The highest BCUT2D eigenvalue weighted by Crippen LogP contribution is 2.35. The standard InChI is InChI=1S/C27H25N3O4S/c1-33-17-16-30-26(32)24(35-27(30)29-22-13-6-3-7-14-22)18-20-10-8-9-15-23(20)34-19-25(31)28-21-11-4-2-5-12-21/h2-15,18H,16-17,19H2,1H3,(H,28,31)/b24-18-,29-27?. The number of carbonyl (C=O) groups is 2. The Hall–Kier alpha value is -3.88. The summed E-state index contributed by atoms with van der Waals surface area (Å²) in [6.07, 6.45) is 1.77. The lowest BCUT2D eigenvalue weighted by Gasteiger charge is -2.14. The third-order valence-corrected chi connectivity index (χ3v) is 6.02. The predicted molar refractivity (Wildman–Crippen MR) is 140 cm³/mol. The van der Waals surface area contributed by atoms with Gasteiger partial charge in [-0.15, -0.1) is 0 Å². The van der Waals surface area contributed by atoms with Crippen molar-refractivity contribution in [1.29, 1.82) is 0 Å². The number of para-hydroxylation sites is 3. The van der Waals surface area contributed by atoms with Crippen molar-refractivity contribution in [3.8, 4) is 5.75 Å². The Bertz CT molecular complexity index is 1230. The number of carbonyl (C=O) groups excluding carboxylic acids is 2. The maximum atomic E-state index is 13.2. The van der Waals surface area contributed by atoms with Gasteiger partial charge in [-0.3, -0.25) is 14.5 Å². The van der Waals surface area contributed by atoms with E-state index in [1.54, 1.807) is 24.2 Å². The molecule has 0 aliphatic carbocycles. The molecule has 7 nitrogen and oxygen atoms in total. The normalized spacial score (nSPS) is 15.6. The minimum atomic E-state index is -0.270. The average molecular weight is 488 g/mol. The summed E-state index contributed by atoms with van der Waals surface area (Å²) in [5, 5.41) is 3.38. The molecule has 1 saturated heterocycles. The number of amidine groups is 1. The van der Waals surface area contributed by atoms with E-state index < -0.39 is 0 Å². The maximum absolute atomic E-state index is 13.2. The van der Waals surface area contributed by atoms with E-state index >= 15 is 0 Å². The van der Waals surface area contributed by atoms with Crippen molar-refractivity contribution in [2.75, 3.05) is 32.2 Å². The van der Waals surface area contributed by atoms with Crippen molar-refractivity contribution < 1.29 is 19.1 Å². The van der Waals surface area contributed by atoms with E-state index in [0.29, 0.717) is 40.2 Å². The molecule has 0 spiro atoms. The Morgan fingerprint density at radius 2 is 1.69 bits per heavy atom. The summed E-state index contributed by atoms with van der Waals surface area (Å²) in [5.41, 5.74) is 2.16. The Morgan fingerprint density at radius 3 is 2.43 bits per heavy atom. The fraction of sp³-hybridized carbons (Fsp3) is 0.148. The number of ether oxygens (including phenoxy) is 2. The van der Waals surface area contributed by atoms with Crippen LogP contribution in [0.5, 0.6) is 5.75 Å². The maximum Gasteiger partial charge on any atom is 0.266 e. The summed E-state index contributed by atoms with van der Waals surface area (Å²) >= 11 is 1.30. The first-order chi connectivity index (χ1) is 17.1. The Kier molecular flexibility index (Phi) is 8.32. The van der Waals surface area contributed by atoms with Gasteiger partial charge in [0.15, 0.2) is 11.8 Å². The number of amides is 2. The van der Waals surface area contributed by atoms with Gasteiger partial charge in [-0.1, -0.05) is 54.6 Å². The Balaban J connectivity index is 1.52. The van der Waals surface area contributed by atoms with Gasteiger partial charge in [-0.2, -0.15) is 0 Å². The van der Waals surface area contributed by atoms with E-state index in [0.717, 1.165) is 5.69 Å². The third-order valence-electron chi connectivity index (χ3n) is 5.01. The molecule has 8 heteroatoms. The van der Waals surface area contributed by atoms with Gasteiger partial charge in [0.1, 0.15) is 5.75 Å². The number of anilines is 1. The van der Waals surface area contributed by atoms with Crippen LogP contribution in [0.4, 0.5) is 11.4 Å². The van der Waals surface area contributed by atoms with E-state index in [4.69, 9.17) is 9.47 Å². The van der Waals surface area contributed by atoms with Crippen LogP contribution in [0.25, 0.3) is 6.08 Å². The van der Waals surface area contributed by atoms with Crippen LogP contribution in [0.15, 0.2) is 94.8 Å². The third kappa shape index (κ3) is 6.59. The molecule has 0 saturated carbocycles. The van der Waals surface area contributed by atoms with E-state index in [1.807, 2.05) is 78.9 Å². The number of nitrogens with one attached hydrogen (secondary N) is 1. The minimum absolute atomic E-state index is 0.154. The molecule has 178 valence electrons. The molecular formula is C27H25N3O4S. The Labute approximate surface area is 208 Å². The van der Waals surface area contributed by atoms with Crippen molar-refractivity contribution >= 4 is 46.2 Å². The van der Waals surface area contributed by atoms with Crippen LogP contribution < -0.4 is 10.1 Å². The van der Waals surface area contributed by atoms with E-state index in [2.05, 4.69) is 10.3 Å². The highest BCUT2D eigenvalue weighted by Gasteiger charge is 2.33. The molecule has 0 bridgehead atoms. The molecular weight excluding hydrogens is 462 g/mol. The van der Waals surface area contributed by atoms with Crippen LogP contribution >= 0.6 is 11.8 Å². The molecule has 1 heterocycles. The minimum Gasteiger partial charge on any atom is -0.483 e. The molecule has 1 N–H and O–H groups in total. The highest BCUT2D eigenvalue weighted by atomic mass is 32.2. The number of hydrogen-bond donors (Lipinski definition) is 1.